The van der Waals surface area contributed by atoms with Crippen molar-refractivity contribution in [3.63, 3.8) is 0 Å². The number of hydrogen-bond acceptors (Lipinski definition) is 7. The molecule has 0 bridgehead atoms. The van der Waals surface area contributed by atoms with Gasteiger partial charge < -0.3 is 14.2 Å². The summed E-state index contributed by atoms with van der Waals surface area (Å²) in [5, 5.41) is 0. The fraction of sp³-hybridized carbons (Fsp3) is 0.500. The molecule has 2 aromatic carbocycles. The van der Waals surface area contributed by atoms with Crippen molar-refractivity contribution in [3.05, 3.63) is 53.1 Å². The lowest BCUT2D eigenvalue weighted by atomic mass is 9.74. The molecule has 0 amide bonds. The molecule has 0 N–H and O–H groups in total. The van der Waals surface area contributed by atoms with Crippen molar-refractivity contribution in [2.75, 3.05) is 20.2 Å². The van der Waals surface area contributed by atoms with E-state index in [4.69, 9.17) is 19.2 Å². The Morgan fingerprint density at radius 2 is 1.77 bits per heavy atom. The fourth-order valence-electron chi connectivity index (χ4n) is 5.89. The van der Waals surface area contributed by atoms with Gasteiger partial charge in [-0.3, -0.25) is 9.79 Å². The molecule has 2 aromatic rings. The third kappa shape index (κ3) is 5.65. The molecule has 2 heterocycles. The Balaban J connectivity index is 1.54. The second kappa shape index (κ2) is 11.2. The first-order valence-electron chi connectivity index (χ1n) is 13.2. The quantitative estimate of drug-likeness (QED) is 0.446. The van der Waals surface area contributed by atoms with Gasteiger partial charge in [-0.15, -0.1) is 0 Å². The molecule has 210 valence electrons. The minimum Gasteiger partial charge on any atom is -0.493 e. The maximum Gasteiger partial charge on any atom is 0.387 e. The molecule has 2 aliphatic heterocycles. The maximum absolute atomic E-state index is 13.2. The Hall–Kier alpha value is -3.05. The number of halogens is 2. The lowest BCUT2D eigenvalue weighted by Crippen LogP contribution is -2.36. The van der Waals surface area contributed by atoms with Crippen LogP contribution in [0.25, 0.3) is 0 Å². The summed E-state index contributed by atoms with van der Waals surface area (Å²) in [6.45, 7) is -0.647. The van der Waals surface area contributed by atoms with E-state index in [0.29, 0.717) is 49.2 Å². The summed E-state index contributed by atoms with van der Waals surface area (Å²) in [5.74, 6) is -0.410. The molecule has 1 saturated heterocycles. The lowest BCUT2D eigenvalue weighted by Gasteiger charge is -2.38. The van der Waals surface area contributed by atoms with Gasteiger partial charge in [0.05, 0.1) is 23.8 Å². The highest BCUT2D eigenvalue weighted by Crippen LogP contribution is 2.45. The minimum atomic E-state index is -3.60. The van der Waals surface area contributed by atoms with Gasteiger partial charge in [-0.25, -0.2) is 8.42 Å². The second-order valence-corrected chi connectivity index (χ2v) is 12.1. The molecule has 3 aliphatic rings. The first-order chi connectivity index (χ1) is 18.7. The number of fused-ring (bicyclic) bond motifs is 3. The first-order valence-corrected chi connectivity index (χ1v) is 14.6. The van der Waals surface area contributed by atoms with Crippen LogP contribution in [-0.2, 0) is 19.6 Å². The first kappa shape index (κ1) is 27.5. The van der Waals surface area contributed by atoms with E-state index in [1.54, 1.807) is 30.3 Å². The van der Waals surface area contributed by atoms with Crippen molar-refractivity contribution in [2.45, 2.75) is 75.0 Å². The van der Waals surface area contributed by atoms with Gasteiger partial charge in [-0.2, -0.15) is 13.1 Å². The third-order valence-electron chi connectivity index (χ3n) is 7.68. The molecule has 0 spiro atoms. The van der Waals surface area contributed by atoms with Crippen LogP contribution in [0.5, 0.6) is 11.5 Å². The summed E-state index contributed by atoms with van der Waals surface area (Å²) in [4.78, 5) is 16.8. The molecule has 2 fully saturated rings. The monoisotopic (exact) mass is 562 g/mol. The molecule has 8 nitrogen and oxygen atoms in total. The van der Waals surface area contributed by atoms with Crippen LogP contribution < -0.4 is 9.47 Å². The van der Waals surface area contributed by atoms with E-state index in [1.165, 1.54) is 24.4 Å². The number of esters is 1. The second-order valence-electron chi connectivity index (χ2n) is 10.2. The SMILES string of the molecule is COc1cc2c(cc1OC(F)F)C(c1ccc(S(=O)(=O)N3CCCCC3)cc1)=NC1CCC(OC(C)=O)CC21. The number of ether oxygens (including phenoxy) is 3. The topological polar surface area (TPSA) is 94.5 Å². The van der Waals surface area contributed by atoms with E-state index in [9.17, 15) is 22.0 Å². The van der Waals surface area contributed by atoms with E-state index >= 15 is 0 Å². The highest BCUT2D eigenvalue weighted by atomic mass is 32.2. The van der Waals surface area contributed by atoms with E-state index in [2.05, 4.69) is 0 Å². The van der Waals surface area contributed by atoms with Crippen molar-refractivity contribution in [1.82, 2.24) is 4.31 Å². The average Bonchev–Trinajstić information content (AvgIpc) is 2.92. The number of carbonyl (C=O) groups excluding carboxylic acids is 1. The summed E-state index contributed by atoms with van der Waals surface area (Å²) in [6, 6.07) is 9.65. The van der Waals surface area contributed by atoms with Gasteiger partial charge in [0, 0.05) is 37.1 Å². The van der Waals surface area contributed by atoms with Crippen LogP contribution in [0.4, 0.5) is 8.78 Å². The molecule has 39 heavy (non-hydrogen) atoms. The number of benzene rings is 2. The minimum absolute atomic E-state index is 0.116. The van der Waals surface area contributed by atoms with Gasteiger partial charge in [0.2, 0.25) is 10.0 Å². The number of aliphatic imine (C=N–C) groups is 1. The molecule has 3 unspecified atom stereocenters. The van der Waals surface area contributed by atoms with Crippen LogP contribution in [0.3, 0.4) is 0 Å². The predicted octanol–water partition coefficient (Wildman–Crippen LogP) is 4.89. The van der Waals surface area contributed by atoms with Crippen LogP contribution in [0.15, 0.2) is 46.3 Å². The fourth-order valence-corrected chi connectivity index (χ4v) is 7.40. The van der Waals surface area contributed by atoms with Crippen molar-refractivity contribution >= 4 is 21.7 Å². The summed E-state index contributed by atoms with van der Waals surface area (Å²) < 4.78 is 69.9. The third-order valence-corrected chi connectivity index (χ3v) is 9.59. The number of sulfonamides is 1. The molecule has 1 aliphatic carbocycles. The van der Waals surface area contributed by atoms with Gasteiger partial charge >= 0.3 is 12.6 Å². The maximum atomic E-state index is 13.2. The number of piperidine rings is 1. The predicted molar refractivity (Wildman–Crippen MR) is 140 cm³/mol. The van der Waals surface area contributed by atoms with Crippen molar-refractivity contribution in [3.8, 4) is 11.5 Å². The molecule has 5 rings (SSSR count). The zero-order chi connectivity index (χ0) is 27.7. The smallest absolute Gasteiger partial charge is 0.387 e. The number of alkyl halides is 2. The number of rotatable bonds is 7. The Morgan fingerprint density at radius 3 is 2.41 bits per heavy atom. The number of methoxy groups -OCH3 is 1. The summed E-state index contributed by atoms with van der Waals surface area (Å²) in [7, 11) is -2.21. The van der Waals surface area contributed by atoms with Crippen LogP contribution in [0.1, 0.15) is 68.1 Å². The normalized spacial score (nSPS) is 23.4. The van der Waals surface area contributed by atoms with Gasteiger partial charge in [0.1, 0.15) is 6.10 Å². The number of carbonyl (C=O) groups is 1. The summed E-state index contributed by atoms with van der Waals surface area (Å²) in [6.07, 6.45) is 4.32. The zero-order valence-corrected chi connectivity index (χ0v) is 22.8. The van der Waals surface area contributed by atoms with Gasteiger partial charge in [-0.1, -0.05) is 18.6 Å². The molecule has 3 atom stereocenters. The van der Waals surface area contributed by atoms with Crippen LogP contribution in [-0.4, -0.2) is 63.4 Å². The molecule has 0 aromatic heterocycles. The lowest BCUT2D eigenvalue weighted by molar-refractivity contribution is -0.148. The van der Waals surface area contributed by atoms with Crippen LogP contribution in [0.2, 0.25) is 0 Å². The van der Waals surface area contributed by atoms with E-state index < -0.39 is 16.6 Å². The molecular formula is C28H32F2N2O6S. The molecule has 1 saturated carbocycles. The van der Waals surface area contributed by atoms with Gasteiger partial charge in [0.15, 0.2) is 11.5 Å². The summed E-state index contributed by atoms with van der Waals surface area (Å²) >= 11 is 0. The van der Waals surface area contributed by atoms with Gasteiger partial charge in [-0.05, 0) is 61.9 Å². The van der Waals surface area contributed by atoms with E-state index in [-0.39, 0.29) is 40.4 Å². The van der Waals surface area contributed by atoms with E-state index in [1.807, 2.05) is 0 Å². The highest BCUT2D eigenvalue weighted by Gasteiger charge is 2.39. The molecular weight excluding hydrogens is 530 g/mol. The largest absolute Gasteiger partial charge is 0.493 e. The Morgan fingerprint density at radius 1 is 1.05 bits per heavy atom. The standard InChI is InChI=1S/C28H32F2N2O6S/c1-17(33)37-19-8-11-24-22(14-19)21-15-25(36-2)26(38-28(29)30)16-23(21)27(31-24)18-6-9-20(10-7-18)39(34,35)32-12-4-3-5-13-32/h6-7,9-10,15-16,19,22,24,28H,3-5,8,11-14H2,1-2H3. The van der Waals surface area contributed by atoms with Gasteiger partial charge in [0.25, 0.3) is 0 Å². The Kier molecular flexibility index (Phi) is 7.91. The van der Waals surface area contributed by atoms with Crippen LogP contribution in [0, 0.1) is 0 Å². The van der Waals surface area contributed by atoms with Crippen molar-refractivity contribution in [2.24, 2.45) is 4.99 Å². The average molecular weight is 563 g/mol. The molecule has 0 radical (unpaired) electrons. The molecule has 11 heteroatoms. The number of hydrogen-bond donors (Lipinski definition) is 0. The summed E-state index contributed by atoms with van der Waals surface area (Å²) in [5.41, 5.74) is 2.68. The zero-order valence-electron chi connectivity index (χ0n) is 21.9. The number of nitrogens with zero attached hydrogens (tertiary/aromatic N) is 2. The highest BCUT2D eigenvalue weighted by molar-refractivity contribution is 7.89. The van der Waals surface area contributed by atoms with Crippen molar-refractivity contribution < 1.29 is 36.2 Å². The van der Waals surface area contributed by atoms with E-state index in [0.717, 1.165) is 24.8 Å². The Labute approximate surface area is 227 Å². The Bertz CT molecular complexity index is 1360. The van der Waals surface area contributed by atoms with Crippen molar-refractivity contribution in [1.29, 1.82) is 0 Å². The van der Waals surface area contributed by atoms with Crippen LogP contribution >= 0.6 is 0 Å².